The van der Waals surface area contributed by atoms with Crippen molar-refractivity contribution in [3.05, 3.63) is 11.8 Å². The molecule has 0 rings (SSSR count). The Bertz CT molecular complexity index is 142. The van der Waals surface area contributed by atoms with Crippen LogP contribution in [0.15, 0.2) is 11.8 Å². The van der Waals surface area contributed by atoms with Gasteiger partial charge in [-0.3, -0.25) is 10.6 Å². The lowest BCUT2D eigenvalue weighted by atomic mass is 10.1. The van der Waals surface area contributed by atoms with Gasteiger partial charge in [-0.15, -0.1) is 0 Å². The summed E-state index contributed by atoms with van der Waals surface area (Å²) in [5.74, 6) is 0. The molecule has 3 heteroatoms. The Labute approximate surface area is 75.6 Å². The van der Waals surface area contributed by atoms with Crippen molar-refractivity contribution >= 4 is 0 Å². The van der Waals surface area contributed by atoms with E-state index in [0.717, 1.165) is 6.42 Å². The van der Waals surface area contributed by atoms with Gasteiger partial charge < -0.3 is 5.32 Å². The number of likely N-dealkylation sites (N-methyl/N-ethyl adjacent to an activating group) is 2. The van der Waals surface area contributed by atoms with Crippen LogP contribution >= 0.6 is 0 Å². The fourth-order valence-corrected chi connectivity index (χ4v) is 0.969. The van der Waals surface area contributed by atoms with Gasteiger partial charge in [0.15, 0.2) is 0 Å². The number of hydrogen-bond acceptors (Lipinski definition) is 3. The summed E-state index contributed by atoms with van der Waals surface area (Å²) in [5.41, 5.74) is 1.12. The van der Waals surface area contributed by atoms with Crippen LogP contribution in [0.25, 0.3) is 0 Å². The highest BCUT2D eigenvalue weighted by Gasteiger charge is 2.15. The fraction of sp³-hybridized carbons (Fsp3) is 0.778. The predicted molar refractivity (Wildman–Crippen MR) is 54.0 cm³/mol. The molecule has 0 saturated carbocycles. The zero-order valence-electron chi connectivity index (χ0n) is 8.78. The van der Waals surface area contributed by atoms with Gasteiger partial charge in [-0.25, -0.2) is 0 Å². The summed E-state index contributed by atoms with van der Waals surface area (Å²) in [6, 6.07) is 0. The fourth-order valence-electron chi connectivity index (χ4n) is 0.969. The van der Waals surface area contributed by atoms with Gasteiger partial charge >= 0.3 is 0 Å². The molecule has 0 aromatic rings. The second kappa shape index (κ2) is 5.17. The van der Waals surface area contributed by atoms with Crippen LogP contribution in [-0.2, 0) is 0 Å². The lowest BCUT2D eigenvalue weighted by Crippen LogP contribution is -2.50. The van der Waals surface area contributed by atoms with E-state index in [4.69, 9.17) is 0 Å². The molecule has 0 aliphatic carbocycles. The smallest absolute Gasteiger partial charge is 0.0864 e. The van der Waals surface area contributed by atoms with Gasteiger partial charge in [-0.1, -0.05) is 6.92 Å². The Balaban J connectivity index is 4.42. The van der Waals surface area contributed by atoms with Gasteiger partial charge in [0, 0.05) is 12.7 Å². The van der Waals surface area contributed by atoms with Crippen molar-refractivity contribution in [3.63, 3.8) is 0 Å². The van der Waals surface area contributed by atoms with E-state index in [2.05, 4.69) is 35.9 Å². The summed E-state index contributed by atoms with van der Waals surface area (Å²) in [5, 5.41) is 9.56. The van der Waals surface area contributed by atoms with Crippen LogP contribution in [0.4, 0.5) is 0 Å². The molecule has 72 valence electrons. The summed E-state index contributed by atoms with van der Waals surface area (Å²) in [6.45, 7) is 4.23. The molecule has 0 unspecified atom stereocenters. The zero-order chi connectivity index (χ0) is 9.61. The molecule has 0 amide bonds. The van der Waals surface area contributed by atoms with Crippen molar-refractivity contribution in [1.82, 2.24) is 16.0 Å². The quantitative estimate of drug-likeness (QED) is 0.532. The van der Waals surface area contributed by atoms with Crippen LogP contribution in [-0.4, -0.2) is 26.8 Å². The number of nitrogens with one attached hydrogen (secondary N) is 3. The van der Waals surface area contributed by atoms with Gasteiger partial charge in [-0.2, -0.15) is 0 Å². The molecule has 0 fully saturated rings. The SMILES string of the molecule is CCC(=CC(C)(NC)NC)NC. The molecule has 0 aliphatic rings. The van der Waals surface area contributed by atoms with Crippen LogP contribution in [0, 0.1) is 0 Å². The van der Waals surface area contributed by atoms with Crippen molar-refractivity contribution in [2.75, 3.05) is 21.1 Å². The highest BCUT2D eigenvalue weighted by atomic mass is 15.1. The van der Waals surface area contributed by atoms with Gasteiger partial charge in [0.25, 0.3) is 0 Å². The maximum Gasteiger partial charge on any atom is 0.0864 e. The van der Waals surface area contributed by atoms with Crippen molar-refractivity contribution in [3.8, 4) is 0 Å². The molecule has 0 atom stereocenters. The van der Waals surface area contributed by atoms with E-state index in [-0.39, 0.29) is 5.66 Å². The zero-order valence-corrected chi connectivity index (χ0v) is 8.78. The summed E-state index contributed by atoms with van der Waals surface area (Å²) in [4.78, 5) is 0. The second-order valence-corrected chi connectivity index (χ2v) is 2.98. The number of hydrogen-bond donors (Lipinski definition) is 3. The van der Waals surface area contributed by atoms with Crippen LogP contribution < -0.4 is 16.0 Å². The minimum Gasteiger partial charge on any atom is -0.392 e. The second-order valence-electron chi connectivity index (χ2n) is 2.98. The molecule has 3 nitrogen and oxygen atoms in total. The average molecular weight is 171 g/mol. The third kappa shape index (κ3) is 3.24. The molecule has 0 bridgehead atoms. The molecule has 0 spiro atoms. The van der Waals surface area contributed by atoms with E-state index in [1.54, 1.807) is 0 Å². The van der Waals surface area contributed by atoms with Crippen molar-refractivity contribution in [2.24, 2.45) is 0 Å². The maximum absolute atomic E-state index is 3.20. The molecule has 0 aromatic carbocycles. The molecule has 3 N–H and O–H groups in total. The minimum atomic E-state index is -0.117. The molecule has 0 radical (unpaired) electrons. The minimum absolute atomic E-state index is 0.117. The van der Waals surface area contributed by atoms with Crippen LogP contribution in [0.1, 0.15) is 20.3 Å². The first kappa shape index (κ1) is 11.5. The molecule has 0 saturated heterocycles. The third-order valence-electron chi connectivity index (χ3n) is 2.20. The largest absolute Gasteiger partial charge is 0.392 e. The van der Waals surface area contributed by atoms with Gasteiger partial charge in [0.1, 0.15) is 0 Å². The molecule has 0 aliphatic heterocycles. The summed E-state index contributed by atoms with van der Waals surface area (Å²) < 4.78 is 0. The van der Waals surface area contributed by atoms with Crippen LogP contribution in [0.5, 0.6) is 0 Å². The van der Waals surface area contributed by atoms with E-state index in [0.29, 0.717) is 0 Å². The Kier molecular flexibility index (Phi) is 4.93. The monoisotopic (exact) mass is 171 g/mol. The van der Waals surface area contributed by atoms with Gasteiger partial charge in [0.2, 0.25) is 0 Å². The standard InChI is InChI=1S/C9H21N3/c1-6-8(10-3)7-9(2,11-4)12-5/h7,10-12H,6H2,1-5H3. The Morgan fingerprint density at radius 2 is 1.75 bits per heavy atom. The summed E-state index contributed by atoms with van der Waals surface area (Å²) in [6.07, 6.45) is 3.18. The van der Waals surface area contributed by atoms with Crippen molar-refractivity contribution in [2.45, 2.75) is 25.9 Å². The predicted octanol–water partition coefficient (Wildman–Crippen LogP) is 0.655. The topological polar surface area (TPSA) is 36.1 Å². The highest BCUT2D eigenvalue weighted by Crippen LogP contribution is 2.04. The highest BCUT2D eigenvalue weighted by molar-refractivity contribution is 5.09. The van der Waals surface area contributed by atoms with Gasteiger partial charge in [-0.05, 0) is 33.5 Å². The molecular formula is C9H21N3. The first-order valence-electron chi connectivity index (χ1n) is 4.39. The summed E-state index contributed by atoms with van der Waals surface area (Å²) >= 11 is 0. The summed E-state index contributed by atoms with van der Waals surface area (Å²) in [7, 11) is 5.83. The molecule has 12 heavy (non-hydrogen) atoms. The van der Waals surface area contributed by atoms with Gasteiger partial charge in [0.05, 0.1) is 5.66 Å². The average Bonchev–Trinajstić information content (AvgIpc) is 2.14. The molecule has 0 aromatic heterocycles. The van der Waals surface area contributed by atoms with Crippen molar-refractivity contribution < 1.29 is 0 Å². The van der Waals surface area contributed by atoms with E-state index in [1.807, 2.05) is 21.1 Å². The van der Waals surface area contributed by atoms with E-state index < -0.39 is 0 Å². The van der Waals surface area contributed by atoms with E-state index in [1.165, 1.54) is 5.70 Å². The Hall–Kier alpha value is -0.540. The number of allylic oxidation sites excluding steroid dienone is 1. The maximum atomic E-state index is 3.20. The van der Waals surface area contributed by atoms with E-state index in [9.17, 15) is 0 Å². The van der Waals surface area contributed by atoms with Crippen LogP contribution in [0.2, 0.25) is 0 Å². The first-order valence-corrected chi connectivity index (χ1v) is 4.39. The molecular weight excluding hydrogens is 150 g/mol. The Morgan fingerprint density at radius 1 is 1.25 bits per heavy atom. The first-order chi connectivity index (χ1) is 5.61. The lowest BCUT2D eigenvalue weighted by molar-refractivity contribution is 0.408. The molecule has 0 heterocycles. The normalized spacial score (nSPS) is 13.2. The lowest BCUT2D eigenvalue weighted by Gasteiger charge is -2.26. The Morgan fingerprint density at radius 3 is 2.00 bits per heavy atom. The van der Waals surface area contributed by atoms with E-state index >= 15 is 0 Å². The third-order valence-corrected chi connectivity index (χ3v) is 2.20. The number of rotatable bonds is 5. The van der Waals surface area contributed by atoms with Crippen LogP contribution in [0.3, 0.4) is 0 Å². The van der Waals surface area contributed by atoms with Crippen molar-refractivity contribution in [1.29, 1.82) is 0 Å².